The number of hydrogen-bond acceptors (Lipinski definition) is 3. The second kappa shape index (κ2) is 9.23. The minimum Gasteiger partial charge on any atom is -0.472 e. The number of oxime groups is 1. The predicted molar refractivity (Wildman–Crippen MR) is 75.7 cm³/mol. The Morgan fingerprint density at radius 3 is 2.72 bits per heavy atom. The topological polar surface area (TPSA) is 30.8 Å². The molecule has 0 spiro atoms. The SMILES string of the molecule is CCCCCCC(CC)CC1=NOCC(CC)O1. The van der Waals surface area contributed by atoms with Gasteiger partial charge in [0.2, 0.25) is 5.90 Å². The van der Waals surface area contributed by atoms with Crippen LogP contribution in [-0.2, 0) is 9.57 Å². The van der Waals surface area contributed by atoms with E-state index in [0.717, 1.165) is 18.7 Å². The summed E-state index contributed by atoms with van der Waals surface area (Å²) in [6, 6.07) is 0. The van der Waals surface area contributed by atoms with Crippen LogP contribution < -0.4 is 0 Å². The number of nitrogens with zero attached hydrogens (tertiary/aromatic N) is 1. The van der Waals surface area contributed by atoms with Gasteiger partial charge in [-0.05, 0) is 18.8 Å². The average molecular weight is 255 g/mol. The first-order chi connectivity index (χ1) is 8.80. The van der Waals surface area contributed by atoms with Crippen molar-refractivity contribution in [3.63, 3.8) is 0 Å². The van der Waals surface area contributed by atoms with Crippen LogP contribution in [0.15, 0.2) is 5.16 Å². The molecule has 3 heteroatoms. The number of rotatable bonds is 9. The molecule has 2 atom stereocenters. The van der Waals surface area contributed by atoms with Crippen LogP contribution in [0.1, 0.15) is 72.1 Å². The van der Waals surface area contributed by atoms with E-state index < -0.39 is 0 Å². The zero-order valence-corrected chi connectivity index (χ0v) is 12.3. The number of hydrogen-bond donors (Lipinski definition) is 0. The molecule has 1 rings (SSSR count). The van der Waals surface area contributed by atoms with Crippen LogP contribution in [-0.4, -0.2) is 18.6 Å². The Kier molecular flexibility index (Phi) is 7.86. The van der Waals surface area contributed by atoms with E-state index in [2.05, 4.69) is 25.9 Å². The molecule has 0 radical (unpaired) electrons. The zero-order valence-electron chi connectivity index (χ0n) is 12.3. The van der Waals surface area contributed by atoms with E-state index in [9.17, 15) is 0 Å². The van der Waals surface area contributed by atoms with Crippen LogP contribution in [0.25, 0.3) is 0 Å². The van der Waals surface area contributed by atoms with Crippen molar-refractivity contribution in [3.8, 4) is 0 Å². The molecule has 0 aromatic heterocycles. The maximum absolute atomic E-state index is 5.82. The van der Waals surface area contributed by atoms with Gasteiger partial charge in [-0.2, -0.15) is 0 Å². The molecule has 1 aliphatic heterocycles. The van der Waals surface area contributed by atoms with Crippen molar-refractivity contribution < 1.29 is 9.57 Å². The lowest BCUT2D eigenvalue weighted by Gasteiger charge is -2.24. The largest absolute Gasteiger partial charge is 0.472 e. The van der Waals surface area contributed by atoms with E-state index in [4.69, 9.17) is 9.57 Å². The molecule has 0 saturated heterocycles. The highest BCUT2D eigenvalue weighted by molar-refractivity contribution is 5.76. The highest BCUT2D eigenvalue weighted by Crippen LogP contribution is 2.21. The molecule has 0 aromatic rings. The van der Waals surface area contributed by atoms with Crippen molar-refractivity contribution in [2.45, 2.75) is 78.2 Å². The fraction of sp³-hybridized carbons (Fsp3) is 0.933. The quantitative estimate of drug-likeness (QED) is 0.567. The van der Waals surface area contributed by atoms with Crippen LogP contribution in [0.5, 0.6) is 0 Å². The van der Waals surface area contributed by atoms with Crippen molar-refractivity contribution >= 4 is 5.90 Å². The Morgan fingerprint density at radius 2 is 2.06 bits per heavy atom. The maximum Gasteiger partial charge on any atom is 0.226 e. The molecule has 2 unspecified atom stereocenters. The predicted octanol–water partition coefficient (Wildman–Crippen LogP) is 4.51. The molecule has 18 heavy (non-hydrogen) atoms. The van der Waals surface area contributed by atoms with Gasteiger partial charge in [-0.3, -0.25) is 0 Å². The molecule has 0 aliphatic carbocycles. The molecular weight excluding hydrogens is 226 g/mol. The fourth-order valence-corrected chi connectivity index (χ4v) is 2.28. The summed E-state index contributed by atoms with van der Waals surface area (Å²) in [6.07, 6.45) is 9.97. The third-order valence-corrected chi connectivity index (χ3v) is 3.69. The zero-order chi connectivity index (χ0) is 13.2. The molecule has 0 N–H and O–H groups in total. The third-order valence-electron chi connectivity index (χ3n) is 3.69. The third kappa shape index (κ3) is 5.74. The van der Waals surface area contributed by atoms with Gasteiger partial charge in [0.05, 0.1) is 0 Å². The Labute approximate surface area is 112 Å². The van der Waals surface area contributed by atoms with E-state index in [1.807, 2.05) is 0 Å². The summed E-state index contributed by atoms with van der Waals surface area (Å²) in [5.74, 6) is 1.51. The van der Waals surface area contributed by atoms with Gasteiger partial charge in [-0.25, -0.2) is 0 Å². The van der Waals surface area contributed by atoms with E-state index in [-0.39, 0.29) is 6.10 Å². The second-order valence-corrected chi connectivity index (χ2v) is 5.26. The second-order valence-electron chi connectivity index (χ2n) is 5.26. The molecule has 0 fully saturated rings. The van der Waals surface area contributed by atoms with Crippen molar-refractivity contribution in [1.82, 2.24) is 0 Å². The summed E-state index contributed by atoms with van der Waals surface area (Å²) in [5.41, 5.74) is 0. The first-order valence-corrected chi connectivity index (χ1v) is 7.65. The van der Waals surface area contributed by atoms with Crippen molar-refractivity contribution in [3.05, 3.63) is 0 Å². The molecule has 1 aliphatic rings. The lowest BCUT2D eigenvalue weighted by Crippen LogP contribution is -2.28. The minimum atomic E-state index is 0.204. The molecule has 1 heterocycles. The summed E-state index contributed by atoms with van der Waals surface area (Å²) in [4.78, 5) is 5.24. The van der Waals surface area contributed by atoms with E-state index >= 15 is 0 Å². The lowest BCUT2D eigenvalue weighted by atomic mass is 9.95. The van der Waals surface area contributed by atoms with Gasteiger partial charge in [0.15, 0.2) is 6.61 Å². The summed E-state index contributed by atoms with van der Waals surface area (Å²) in [7, 11) is 0. The van der Waals surface area contributed by atoms with Crippen molar-refractivity contribution in [2.24, 2.45) is 11.1 Å². The number of ether oxygens (including phenoxy) is 1. The standard InChI is InChI=1S/C15H29NO2/c1-4-7-8-9-10-13(5-2)11-15-16-17-12-14(6-3)18-15/h13-14H,4-12H2,1-3H3. The maximum atomic E-state index is 5.82. The van der Waals surface area contributed by atoms with E-state index in [0.29, 0.717) is 12.5 Å². The molecule has 106 valence electrons. The van der Waals surface area contributed by atoms with Crippen LogP contribution >= 0.6 is 0 Å². The van der Waals surface area contributed by atoms with Gasteiger partial charge in [0.25, 0.3) is 0 Å². The van der Waals surface area contributed by atoms with Gasteiger partial charge < -0.3 is 9.57 Å². The van der Waals surface area contributed by atoms with Crippen molar-refractivity contribution in [2.75, 3.05) is 6.61 Å². The Morgan fingerprint density at radius 1 is 1.22 bits per heavy atom. The molecule has 3 nitrogen and oxygen atoms in total. The van der Waals surface area contributed by atoms with Gasteiger partial charge in [0, 0.05) is 6.42 Å². The van der Waals surface area contributed by atoms with E-state index in [1.165, 1.54) is 38.5 Å². The average Bonchev–Trinajstić information content (AvgIpc) is 2.42. The molecule has 0 amide bonds. The first kappa shape index (κ1) is 15.3. The highest BCUT2D eigenvalue weighted by atomic mass is 16.7. The van der Waals surface area contributed by atoms with Crippen LogP contribution in [0.2, 0.25) is 0 Å². The minimum absolute atomic E-state index is 0.204. The van der Waals surface area contributed by atoms with Crippen LogP contribution in [0, 0.1) is 5.92 Å². The molecular formula is C15H29NO2. The van der Waals surface area contributed by atoms with Crippen molar-refractivity contribution in [1.29, 1.82) is 0 Å². The highest BCUT2D eigenvalue weighted by Gasteiger charge is 2.20. The van der Waals surface area contributed by atoms with Gasteiger partial charge in [0.1, 0.15) is 6.10 Å². The summed E-state index contributed by atoms with van der Waals surface area (Å²) >= 11 is 0. The molecule has 0 bridgehead atoms. The Balaban J connectivity index is 2.26. The van der Waals surface area contributed by atoms with Crippen LogP contribution in [0.3, 0.4) is 0 Å². The summed E-state index contributed by atoms with van der Waals surface area (Å²) < 4.78 is 5.82. The van der Waals surface area contributed by atoms with Gasteiger partial charge in [-0.15, -0.1) is 0 Å². The monoisotopic (exact) mass is 255 g/mol. The first-order valence-electron chi connectivity index (χ1n) is 7.65. The fourth-order valence-electron chi connectivity index (χ4n) is 2.28. The van der Waals surface area contributed by atoms with Gasteiger partial charge in [-0.1, -0.05) is 58.0 Å². The number of unbranched alkanes of at least 4 members (excludes halogenated alkanes) is 3. The normalized spacial score (nSPS) is 20.8. The summed E-state index contributed by atoms with van der Waals surface area (Å²) in [5, 5.41) is 4.05. The lowest BCUT2D eigenvalue weighted by molar-refractivity contribution is 0.00403. The summed E-state index contributed by atoms with van der Waals surface area (Å²) in [6.45, 7) is 7.24. The van der Waals surface area contributed by atoms with E-state index in [1.54, 1.807) is 0 Å². The molecule has 0 saturated carbocycles. The van der Waals surface area contributed by atoms with Crippen LogP contribution in [0.4, 0.5) is 0 Å². The van der Waals surface area contributed by atoms with Gasteiger partial charge >= 0.3 is 0 Å². The Bertz CT molecular complexity index is 241. The smallest absolute Gasteiger partial charge is 0.226 e. The Hall–Kier alpha value is -0.730. The molecule has 0 aromatic carbocycles.